The monoisotopic (exact) mass is 539 g/mol. The smallest absolute Gasteiger partial charge is 0.410 e. The Kier molecular flexibility index (Phi) is 9.68. The summed E-state index contributed by atoms with van der Waals surface area (Å²) >= 11 is 3.50. The maximum atomic E-state index is 12.2. The van der Waals surface area contributed by atoms with E-state index in [4.69, 9.17) is 14.2 Å². The molecule has 0 atom stereocenters. The van der Waals surface area contributed by atoms with E-state index in [2.05, 4.69) is 26.5 Å². The number of nitrogens with zero attached hydrogens (tertiary/aromatic N) is 2. The van der Waals surface area contributed by atoms with Crippen LogP contribution in [0.3, 0.4) is 0 Å². The van der Waals surface area contributed by atoms with E-state index < -0.39 is 12.0 Å². The summed E-state index contributed by atoms with van der Waals surface area (Å²) in [5.41, 5.74) is 4.97. The van der Waals surface area contributed by atoms with Crippen molar-refractivity contribution in [3.8, 4) is 11.5 Å². The molecule has 9 heteroatoms. The van der Waals surface area contributed by atoms with Crippen LogP contribution in [0.15, 0.2) is 82.4 Å². The van der Waals surface area contributed by atoms with Crippen molar-refractivity contribution < 1.29 is 23.8 Å². The number of rotatable bonds is 10. The van der Waals surface area contributed by atoms with Crippen molar-refractivity contribution >= 4 is 34.1 Å². The Labute approximate surface area is 212 Å². The van der Waals surface area contributed by atoms with Gasteiger partial charge in [-0.05, 0) is 44.8 Å². The Hall–Kier alpha value is -3.85. The van der Waals surface area contributed by atoms with Crippen molar-refractivity contribution in [2.75, 3.05) is 20.7 Å². The van der Waals surface area contributed by atoms with Crippen molar-refractivity contribution in [3.05, 3.63) is 94.0 Å². The van der Waals surface area contributed by atoms with Gasteiger partial charge in [0.2, 0.25) is 0 Å². The normalized spacial score (nSPS) is 10.6. The number of likely N-dealkylation sites (N-methyl/N-ethyl adjacent to an activating group) is 1. The van der Waals surface area contributed by atoms with Gasteiger partial charge in [0.05, 0.1) is 17.8 Å². The number of hydrogen-bond acceptors (Lipinski definition) is 6. The molecule has 0 radical (unpaired) electrons. The lowest BCUT2D eigenvalue weighted by Gasteiger charge is -2.15. The van der Waals surface area contributed by atoms with Crippen LogP contribution in [0.5, 0.6) is 11.5 Å². The van der Waals surface area contributed by atoms with Crippen molar-refractivity contribution in [1.82, 2.24) is 10.3 Å². The Morgan fingerprint density at radius 2 is 1.63 bits per heavy atom. The lowest BCUT2D eigenvalue weighted by Crippen LogP contribution is -2.36. The van der Waals surface area contributed by atoms with Gasteiger partial charge in [-0.3, -0.25) is 4.79 Å². The number of benzene rings is 3. The maximum Gasteiger partial charge on any atom is 0.410 e. The molecule has 0 saturated heterocycles. The molecule has 0 aromatic heterocycles. The largest absolute Gasteiger partial charge is 0.493 e. The number of carbonyl (C=O) groups is 2. The standard InChI is InChI=1S/C26H26BrN3O5/c1-30(26(32)35-18-20-11-7-4-8-12-20)16-24(31)29-28-15-21-13-22(27)25(23(14-21)33-2)34-17-19-9-5-3-6-10-19/h3-15H,16-18H2,1-2H3,(H,29,31). The molecule has 8 nitrogen and oxygen atoms in total. The fourth-order valence-electron chi connectivity index (χ4n) is 3.01. The predicted octanol–water partition coefficient (Wildman–Crippen LogP) is 4.76. The predicted molar refractivity (Wildman–Crippen MR) is 136 cm³/mol. The van der Waals surface area contributed by atoms with E-state index >= 15 is 0 Å². The Morgan fingerprint density at radius 1 is 1.00 bits per heavy atom. The van der Waals surface area contributed by atoms with Crippen LogP contribution in [0.2, 0.25) is 0 Å². The highest BCUT2D eigenvalue weighted by molar-refractivity contribution is 9.10. The van der Waals surface area contributed by atoms with E-state index in [0.29, 0.717) is 28.1 Å². The topological polar surface area (TPSA) is 89.5 Å². The van der Waals surface area contributed by atoms with E-state index in [1.165, 1.54) is 18.2 Å². The SMILES string of the molecule is COc1cc(C=NNC(=O)CN(C)C(=O)OCc2ccccc2)cc(Br)c1OCc1ccccc1. The molecule has 0 aliphatic carbocycles. The Morgan fingerprint density at radius 3 is 2.26 bits per heavy atom. The highest BCUT2D eigenvalue weighted by atomic mass is 79.9. The lowest BCUT2D eigenvalue weighted by molar-refractivity contribution is -0.121. The molecule has 2 amide bonds. The summed E-state index contributed by atoms with van der Waals surface area (Å²) in [6.07, 6.45) is 0.868. The maximum absolute atomic E-state index is 12.2. The number of amides is 2. The van der Waals surface area contributed by atoms with Gasteiger partial charge < -0.3 is 19.1 Å². The van der Waals surface area contributed by atoms with E-state index in [9.17, 15) is 9.59 Å². The van der Waals surface area contributed by atoms with Crippen LogP contribution in [0.25, 0.3) is 0 Å². The van der Waals surface area contributed by atoms with Gasteiger partial charge in [-0.25, -0.2) is 10.2 Å². The van der Waals surface area contributed by atoms with Crippen molar-refractivity contribution in [1.29, 1.82) is 0 Å². The number of hydrazone groups is 1. The van der Waals surface area contributed by atoms with Crippen molar-refractivity contribution in [2.45, 2.75) is 13.2 Å². The molecule has 182 valence electrons. The highest BCUT2D eigenvalue weighted by Crippen LogP contribution is 2.36. The molecule has 0 spiro atoms. The number of nitrogens with one attached hydrogen (secondary N) is 1. The summed E-state index contributed by atoms with van der Waals surface area (Å²) in [4.78, 5) is 25.4. The van der Waals surface area contributed by atoms with Crippen LogP contribution in [-0.2, 0) is 22.7 Å². The van der Waals surface area contributed by atoms with E-state index in [1.54, 1.807) is 19.2 Å². The molecule has 1 N–H and O–H groups in total. The van der Waals surface area contributed by atoms with Gasteiger partial charge >= 0.3 is 6.09 Å². The van der Waals surface area contributed by atoms with Gasteiger partial charge in [-0.15, -0.1) is 0 Å². The minimum Gasteiger partial charge on any atom is -0.493 e. The Balaban J connectivity index is 1.50. The summed E-state index contributed by atoms with van der Waals surface area (Å²) in [6.45, 7) is 0.316. The Bertz CT molecular complexity index is 1160. The van der Waals surface area contributed by atoms with Crippen molar-refractivity contribution in [2.24, 2.45) is 5.10 Å². The first-order valence-corrected chi connectivity index (χ1v) is 11.5. The first kappa shape index (κ1) is 25.8. The summed E-state index contributed by atoms with van der Waals surface area (Å²) < 4.78 is 17.3. The fraction of sp³-hybridized carbons (Fsp3) is 0.192. The van der Waals surface area contributed by atoms with Gasteiger partial charge in [0, 0.05) is 7.05 Å². The molecule has 0 saturated carbocycles. The first-order valence-electron chi connectivity index (χ1n) is 10.7. The lowest BCUT2D eigenvalue weighted by atomic mass is 10.2. The molecular weight excluding hydrogens is 514 g/mol. The van der Waals surface area contributed by atoms with Crippen LogP contribution < -0.4 is 14.9 Å². The summed E-state index contributed by atoms with van der Waals surface area (Å²) in [5.74, 6) is 0.617. The number of halogens is 1. The average Bonchev–Trinajstić information content (AvgIpc) is 2.87. The van der Waals surface area contributed by atoms with Gasteiger partial charge in [0.1, 0.15) is 19.8 Å². The zero-order valence-corrected chi connectivity index (χ0v) is 21.0. The molecule has 0 fully saturated rings. The molecule has 0 heterocycles. The third kappa shape index (κ3) is 8.15. The third-order valence-electron chi connectivity index (χ3n) is 4.78. The van der Waals surface area contributed by atoms with Crippen molar-refractivity contribution in [3.63, 3.8) is 0 Å². The summed E-state index contributed by atoms with van der Waals surface area (Å²) in [6, 6.07) is 22.6. The molecule has 3 rings (SSSR count). The van der Waals surface area contributed by atoms with Crippen LogP contribution >= 0.6 is 15.9 Å². The molecule has 35 heavy (non-hydrogen) atoms. The molecular formula is C26H26BrN3O5. The summed E-state index contributed by atoms with van der Waals surface area (Å²) in [5, 5.41) is 3.97. The summed E-state index contributed by atoms with van der Waals surface area (Å²) in [7, 11) is 3.03. The number of ether oxygens (including phenoxy) is 3. The molecule has 0 aliphatic heterocycles. The van der Waals surface area contributed by atoms with Gasteiger partial charge in [0.25, 0.3) is 5.91 Å². The highest BCUT2D eigenvalue weighted by Gasteiger charge is 2.14. The first-order chi connectivity index (χ1) is 17.0. The van der Waals surface area contributed by atoms with Gasteiger partial charge in [0.15, 0.2) is 11.5 Å². The van der Waals surface area contributed by atoms with Gasteiger partial charge in [-0.2, -0.15) is 5.10 Å². The van der Waals surface area contributed by atoms with Crippen LogP contribution in [0.4, 0.5) is 4.79 Å². The third-order valence-corrected chi connectivity index (χ3v) is 5.37. The fourth-order valence-corrected chi connectivity index (χ4v) is 3.58. The van der Waals surface area contributed by atoms with Crippen LogP contribution in [0.1, 0.15) is 16.7 Å². The minimum absolute atomic E-state index is 0.131. The molecule has 0 bridgehead atoms. The van der Waals surface area contributed by atoms with Crippen LogP contribution in [0, 0.1) is 0 Å². The van der Waals surface area contributed by atoms with Crippen LogP contribution in [-0.4, -0.2) is 43.8 Å². The second kappa shape index (κ2) is 13.1. The second-order valence-electron chi connectivity index (χ2n) is 7.50. The zero-order valence-electron chi connectivity index (χ0n) is 19.4. The zero-order chi connectivity index (χ0) is 25.0. The second-order valence-corrected chi connectivity index (χ2v) is 8.35. The molecule has 0 unspecified atom stereocenters. The van der Waals surface area contributed by atoms with E-state index in [0.717, 1.165) is 11.1 Å². The quantitative estimate of drug-likeness (QED) is 0.296. The number of methoxy groups -OCH3 is 1. The minimum atomic E-state index is -0.604. The average molecular weight is 540 g/mol. The number of hydrogen-bond donors (Lipinski definition) is 1. The van der Waals surface area contributed by atoms with E-state index in [-0.39, 0.29) is 13.2 Å². The molecule has 3 aromatic carbocycles. The molecule has 3 aromatic rings. The number of carbonyl (C=O) groups excluding carboxylic acids is 2. The molecule has 0 aliphatic rings. The van der Waals surface area contributed by atoms with Gasteiger partial charge in [-0.1, -0.05) is 60.7 Å². The van der Waals surface area contributed by atoms with E-state index in [1.807, 2.05) is 60.7 Å².